The average molecular weight is 237 g/mol. The molecule has 0 bridgehead atoms. The lowest BCUT2D eigenvalue weighted by Gasteiger charge is -2.12. The lowest BCUT2D eigenvalue weighted by molar-refractivity contribution is 0.170. The van der Waals surface area contributed by atoms with Crippen LogP contribution in [0.4, 0.5) is 0 Å². The van der Waals surface area contributed by atoms with E-state index in [1.807, 2.05) is 35.9 Å². The minimum atomic E-state index is -0.576. The van der Waals surface area contributed by atoms with E-state index >= 15 is 0 Å². The van der Waals surface area contributed by atoms with Crippen LogP contribution < -0.4 is 0 Å². The number of hydrogen-bond acceptors (Lipinski definition) is 2. The summed E-state index contributed by atoms with van der Waals surface area (Å²) in [6.07, 6.45) is 3.26. The van der Waals surface area contributed by atoms with Gasteiger partial charge in [0.05, 0.1) is 24.3 Å². The van der Waals surface area contributed by atoms with Crippen LogP contribution in [0.15, 0.2) is 36.8 Å². The Kier molecular flexibility index (Phi) is 3.27. The molecule has 84 valence electrons. The zero-order chi connectivity index (χ0) is 11.5. The van der Waals surface area contributed by atoms with Gasteiger partial charge in [0, 0.05) is 18.5 Å². The normalized spacial score (nSPS) is 12.7. The predicted molar refractivity (Wildman–Crippen MR) is 63.3 cm³/mol. The molecule has 1 aromatic carbocycles. The Balaban J connectivity index is 2.17. The minimum absolute atomic E-state index is 0.499. The van der Waals surface area contributed by atoms with E-state index < -0.39 is 6.10 Å². The fourth-order valence-electron chi connectivity index (χ4n) is 1.67. The monoisotopic (exact) mass is 236 g/mol. The molecule has 0 fully saturated rings. The molecule has 0 saturated carbocycles. The molecule has 1 atom stereocenters. The molecule has 1 N–H and O–H groups in total. The third-order valence-electron chi connectivity index (χ3n) is 2.57. The summed E-state index contributed by atoms with van der Waals surface area (Å²) in [6.45, 7) is 0. The highest BCUT2D eigenvalue weighted by Gasteiger charge is 2.13. The van der Waals surface area contributed by atoms with Gasteiger partial charge < -0.3 is 9.67 Å². The first kappa shape index (κ1) is 11.2. The number of imidazole rings is 1. The van der Waals surface area contributed by atoms with Gasteiger partial charge in [-0.15, -0.1) is 0 Å². The first-order valence-electron chi connectivity index (χ1n) is 5.06. The summed E-state index contributed by atoms with van der Waals surface area (Å²) in [4.78, 5) is 3.98. The molecule has 0 radical (unpaired) electrons. The number of halogens is 1. The van der Waals surface area contributed by atoms with Crippen LogP contribution >= 0.6 is 11.6 Å². The summed E-state index contributed by atoms with van der Waals surface area (Å²) < 4.78 is 1.81. The Morgan fingerprint density at radius 1 is 1.44 bits per heavy atom. The summed E-state index contributed by atoms with van der Waals surface area (Å²) in [6, 6.07) is 7.54. The Morgan fingerprint density at radius 3 is 2.81 bits per heavy atom. The first-order valence-corrected chi connectivity index (χ1v) is 5.44. The van der Waals surface area contributed by atoms with Gasteiger partial charge in [-0.2, -0.15) is 0 Å². The summed E-state index contributed by atoms with van der Waals surface area (Å²) >= 11 is 6.04. The minimum Gasteiger partial charge on any atom is -0.386 e. The van der Waals surface area contributed by atoms with E-state index in [1.54, 1.807) is 12.5 Å². The van der Waals surface area contributed by atoms with Crippen LogP contribution in [0.25, 0.3) is 0 Å². The maximum absolute atomic E-state index is 10.0. The number of aryl methyl sites for hydroxylation is 1. The first-order chi connectivity index (χ1) is 7.68. The van der Waals surface area contributed by atoms with E-state index in [9.17, 15) is 5.11 Å². The van der Waals surface area contributed by atoms with Gasteiger partial charge in [0.15, 0.2) is 0 Å². The van der Waals surface area contributed by atoms with Crippen molar-refractivity contribution < 1.29 is 5.11 Å². The summed E-state index contributed by atoms with van der Waals surface area (Å²) in [5.41, 5.74) is 1.73. The zero-order valence-electron chi connectivity index (χ0n) is 8.97. The lowest BCUT2D eigenvalue weighted by Crippen LogP contribution is -2.06. The van der Waals surface area contributed by atoms with E-state index in [4.69, 9.17) is 11.6 Å². The SMILES string of the molecule is Cn1cncc1C(O)Cc1ccccc1Cl. The van der Waals surface area contributed by atoms with Crippen LogP contribution in [0.2, 0.25) is 5.02 Å². The number of aliphatic hydroxyl groups is 1. The number of aliphatic hydroxyl groups excluding tert-OH is 1. The van der Waals surface area contributed by atoms with E-state index in [1.165, 1.54) is 0 Å². The third kappa shape index (κ3) is 2.26. The maximum Gasteiger partial charge on any atom is 0.0996 e. The highest BCUT2D eigenvalue weighted by atomic mass is 35.5. The fraction of sp³-hybridized carbons (Fsp3) is 0.250. The van der Waals surface area contributed by atoms with Crippen LogP contribution in [0.5, 0.6) is 0 Å². The van der Waals surface area contributed by atoms with Crippen molar-refractivity contribution in [3.05, 3.63) is 53.1 Å². The molecule has 2 rings (SSSR count). The number of nitrogens with zero attached hydrogens (tertiary/aromatic N) is 2. The molecule has 0 aliphatic rings. The van der Waals surface area contributed by atoms with Crippen LogP contribution in [0, 0.1) is 0 Å². The van der Waals surface area contributed by atoms with Gasteiger partial charge in [0.25, 0.3) is 0 Å². The third-order valence-corrected chi connectivity index (χ3v) is 2.94. The summed E-state index contributed by atoms with van der Waals surface area (Å²) in [7, 11) is 1.86. The zero-order valence-corrected chi connectivity index (χ0v) is 9.72. The van der Waals surface area contributed by atoms with Gasteiger partial charge in [-0.3, -0.25) is 0 Å². The van der Waals surface area contributed by atoms with Gasteiger partial charge in [-0.25, -0.2) is 4.98 Å². The van der Waals surface area contributed by atoms with Gasteiger partial charge in [0.1, 0.15) is 0 Å². The lowest BCUT2D eigenvalue weighted by atomic mass is 10.1. The molecular formula is C12H13ClN2O. The molecule has 16 heavy (non-hydrogen) atoms. The smallest absolute Gasteiger partial charge is 0.0996 e. The standard InChI is InChI=1S/C12H13ClN2O/c1-15-8-14-7-11(15)12(16)6-9-4-2-3-5-10(9)13/h2-5,7-8,12,16H,6H2,1H3. The predicted octanol–water partition coefficient (Wildman–Crippen LogP) is 2.35. The van der Waals surface area contributed by atoms with Crippen molar-refractivity contribution in [2.75, 3.05) is 0 Å². The van der Waals surface area contributed by atoms with Gasteiger partial charge in [0.2, 0.25) is 0 Å². The summed E-state index contributed by atoms with van der Waals surface area (Å²) in [5, 5.41) is 10.7. The molecule has 3 nitrogen and oxygen atoms in total. The van der Waals surface area contributed by atoms with Gasteiger partial charge >= 0.3 is 0 Å². The molecular weight excluding hydrogens is 224 g/mol. The van der Waals surface area contributed by atoms with Crippen molar-refractivity contribution >= 4 is 11.6 Å². The van der Waals surface area contributed by atoms with E-state index in [2.05, 4.69) is 4.98 Å². The molecule has 0 aliphatic heterocycles. The van der Waals surface area contributed by atoms with Crippen molar-refractivity contribution in [3.8, 4) is 0 Å². The number of rotatable bonds is 3. The van der Waals surface area contributed by atoms with Crippen LogP contribution in [-0.4, -0.2) is 14.7 Å². The number of aromatic nitrogens is 2. The Bertz CT molecular complexity index is 481. The van der Waals surface area contributed by atoms with Crippen molar-refractivity contribution in [2.24, 2.45) is 7.05 Å². The van der Waals surface area contributed by atoms with Crippen LogP contribution in [0.3, 0.4) is 0 Å². The fourth-order valence-corrected chi connectivity index (χ4v) is 1.88. The Morgan fingerprint density at radius 2 is 2.19 bits per heavy atom. The highest BCUT2D eigenvalue weighted by Crippen LogP contribution is 2.22. The molecule has 1 heterocycles. The molecule has 0 amide bonds. The van der Waals surface area contributed by atoms with Gasteiger partial charge in [-0.1, -0.05) is 29.8 Å². The van der Waals surface area contributed by atoms with Crippen molar-refractivity contribution in [2.45, 2.75) is 12.5 Å². The van der Waals surface area contributed by atoms with Gasteiger partial charge in [-0.05, 0) is 11.6 Å². The van der Waals surface area contributed by atoms with Crippen LogP contribution in [0.1, 0.15) is 17.4 Å². The molecule has 0 saturated heterocycles. The molecule has 0 spiro atoms. The second-order valence-electron chi connectivity index (χ2n) is 3.74. The quantitative estimate of drug-likeness (QED) is 0.889. The Labute approximate surface area is 99.3 Å². The second kappa shape index (κ2) is 4.68. The van der Waals surface area contributed by atoms with E-state index in [0.29, 0.717) is 11.4 Å². The van der Waals surface area contributed by atoms with E-state index in [-0.39, 0.29) is 0 Å². The Hall–Kier alpha value is -1.32. The van der Waals surface area contributed by atoms with E-state index in [0.717, 1.165) is 11.3 Å². The largest absolute Gasteiger partial charge is 0.386 e. The molecule has 1 aromatic heterocycles. The van der Waals surface area contributed by atoms with Crippen molar-refractivity contribution in [3.63, 3.8) is 0 Å². The summed E-state index contributed by atoms with van der Waals surface area (Å²) in [5.74, 6) is 0. The molecule has 2 aromatic rings. The molecule has 4 heteroatoms. The maximum atomic E-state index is 10.0. The van der Waals surface area contributed by atoms with Crippen molar-refractivity contribution in [1.82, 2.24) is 9.55 Å². The average Bonchev–Trinajstić information content (AvgIpc) is 2.68. The molecule has 0 aliphatic carbocycles. The highest BCUT2D eigenvalue weighted by molar-refractivity contribution is 6.31. The second-order valence-corrected chi connectivity index (χ2v) is 4.15. The van der Waals surface area contributed by atoms with Crippen LogP contribution in [-0.2, 0) is 13.5 Å². The number of benzene rings is 1. The number of hydrogen-bond donors (Lipinski definition) is 1. The topological polar surface area (TPSA) is 38.0 Å². The van der Waals surface area contributed by atoms with Crippen molar-refractivity contribution in [1.29, 1.82) is 0 Å². The molecule has 1 unspecified atom stereocenters.